The molecule has 1 heterocycles. The van der Waals surface area contributed by atoms with Crippen LogP contribution in [-0.4, -0.2) is 74.6 Å². The molecule has 4 unspecified atom stereocenters. The fourth-order valence-corrected chi connectivity index (χ4v) is 3.51. The van der Waals surface area contributed by atoms with Crippen molar-refractivity contribution in [2.24, 2.45) is 11.7 Å². The van der Waals surface area contributed by atoms with Gasteiger partial charge in [0.1, 0.15) is 18.1 Å². The van der Waals surface area contributed by atoms with Gasteiger partial charge in [-0.1, -0.05) is 44.2 Å². The van der Waals surface area contributed by atoms with Gasteiger partial charge < -0.3 is 36.9 Å². The van der Waals surface area contributed by atoms with Crippen LogP contribution in [0.25, 0.3) is 0 Å². The van der Waals surface area contributed by atoms with Gasteiger partial charge in [-0.2, -0.15) is 0 Å². The van der Waals surface area contributed by atoms with E-state index in [1.807, 2.05) is 13.8 Å². The van der Waals surface area contributed by atoms with E-state index in [0.717, 1.165) is 0 Å². The molecule has 0 radical (unpaired) electrons. The normalized spacial score (nSPS) is 14.4. The Labute approximate surface area is 209 Å². The van der Waals surface area contributed by atoms with Crippen molar-refractivity contribution < 1.29 is 29.4 Å². The molecule has 1 aromatic heterocycles. The molecule has 8 N–H and O–H groups in total. The third-order valence-corrected chi connectivity index (χ3v) is 5.39. The highest BCUT2D eigenvalue weighted by Gasteiger charge is 2.30. The lowest BCUT2D eigenvalue weighted by atomic mass is 10.0. The number of H-pyrrole nitrogens is 1. The number of aliphatic carboxylic acids is 1. The van der Waals surface area contributed by atoms with Crippen LogP contribution >= 0.6 is 0 Å². The number of carbonyl (C=O) groups excluding carboxylic acids is 3. The molecule has 2 rings (SSSR count). The van der Waals surface area contributed by atoms with Crippen LogP contribution in [0.1, 0.15) is 31.5 Å². The van der Waals surface area contributed by atoms with E-state index < -0.39 is 54.5 Å². The molecule has 2 aromatic rings. The van der Waals surface area contributed by atoms with E-state index in [1.54, 1.807) is 30.3 Å². The molecule has 0 aliphatic heterocycles. The smallest absolute Gasteiger partial charge is 0.326 e. The van der Waals surface area contributed by atoms with Crippen molar-refractivity contribution in [3.05, 3.63) is 54.1 Å². The van der Waals surface area contributed by atoms with Crippen molar-refractivity contribution in [2.75, 3.05) is 6.61 Å². The summed E-state index contributed by atoms with van der Waals surface area (Å²) >= 11 is 0. The number of aliphatic hydroxyl groups excluding tert-OH is 1. The molecule has 0 saturated heterocycles. The van der Waals surface area contributed by atoms with Crippen LogP contribution in [0.5, 0.6) is 0 Å². The molecule has 12 nitrogen and oxygen atoms in total. The van der Waals surface area contributed by atoms with Crippen molar-refractivity contribution in [1.29, 1.82) is 0 Å². The van der Waals surface area contributed by atoms with E-state index in [0.29, 0.717) is 17.7 Å². The molecule has 196 valence electrons. The number of aromatic amines is 1. The molecular formula is C24H34N6O6. The van der Waals surface area contributed by atoms with Gasteiger partial charge in [0.15, 0.2) is 0 Å². The van der Waals surface area contributed by atoms with Crippen LogP contribution in [0, 0.1) is 5.92 Å². The maximum absolute atomic E-state index is 13.1. The summed E-state index contributed by atoms with van der Waals surface area (Å²) < 4.78 is 0. The first kappa shape index (κ1) is 28.5. The fraction of sp³-hybridized carbons (Fsp3) is 0.458. The molecule has 1 aromatic carbocycles. The molecule has 3 amide bonds. The number of hydrogen-bond donors (Lipinski definition) is 7. The van der Waals surface area contributed by atoms with Gasteiger partial charge in [0.05, 0.1) is 19.0 Å². The minimum absolute atomic E-state index is 0.0455. The Morgan fingerprint density at radius 2 is 1.56 bits per heavy atom. The van der Waals surface area contributed by atoms with Gasteiger partial charge in [-0.3, -0.25) is 14.4 Å². The zero-order valence-corrected chi connectivity index (χ0v) is 20.3. The summed E-state index contributed by atoms with van der Waals surface area (Å²) in [4.78, 5) is 56.7. The molecule has 4 atom stereocenters. The number of imidazole rings is 1. The number of carbonyl (C=O) groups is 4. The predicted molar refractivity (Wildman–Crippen MR) is 130 cm³/mol. The summed E-state index contributed by atoms with van der Waals surface area (Å²) in [6, 6.07) is 4.14. The molecule has 0 aliphatic rings. The highest BCUT2D eigenvalue weighted by atomic mass is 16.4. The Kier molecular flexibility index (Phi) is 11.0. The number of aromatic nitrogens is 2. The topological polar surface area (TPSA) is 200 Å². The zero-order chi connectivity index (χ0) is 26.7. The quantitative estimate of drug-likeness (QED) is 0.172. The largest absolute Gasteiger partial charge is 0.480 e. The van der Waals surface area contributed by atoms with Gasteiger partial charge in [-0.25, -0.2) is 9.78 Å². The number of nitrogens with one attached hydrogen (secondary N) is 4. The standard InChI is InChI=1S/C24H34N6O6/c1-14(2)8-17(25)21(32)30-20(12-31)23(34)28-18(9-15-6-4-3-5-7-15)22(33)29-19(24(35)36)10-16-11-26-13-27-16/h3-7,11,13-14,17-20,31H,8-10,12,25H2,1-2H3,(H,26,27)(H,28,34)(H,29,33)(H,30,32)(H,35,36). The monoisotopic (exact) mass is 502 g/mol. The summed E-state index contributed by atoms with van der Waals surface area (Å²) in [6.45, 7) is 3.07. The number of aliphatic hydroxyl groups is 1. The van der Waals surface area contributed by atoms with Crippen molar-refractivity contribution in [3.63, 3.8) is 0 Å². The highest BCUT2D eigenvalue weighted by molar-refractivity contribution is 5.94. The first-order valence-electron chi connectivity index (χ1n) is 11.6. The third-order valence-electron chi connectivity index (χ3n) is 5.39. The minimum Gasteiger partial charge on any atom is -0.480 e. The van der Waals surface area contributed by atoms with Crippen LogP contribution in [0.4, 0.5) is 0 Å². The van der Waals surface area contributed by atoms with E-state index in [2.05, 4.69) is 25.9 Å². The lowest BCUT2D eigenvalue weighted by molar-refractivity contribution is -0.142. The number of carboxylic acid groups (broad SMARTS) is 1. The molecule has 0 spiro atoms. The van der Waals surface area contributed by atoms with Gasteiger partial charge >= 0.3 is 5.97 Å². The van der Waals surface area contributed by atoms with Crippen molar-refractivity contribution in [3.8, 4) is 0 Å². The van der Waals surface area contributed by atoms with E-state index in [4.69, 9.17) is 5.73 Å². The lowest BCUT2D eigenvalue weighted by Crippen LogP contribution is -2.58. The second-order valence-electron chi connectivity index (χ2n) is 8.91. The van der Waals surface area contributed by atoms with Gasteiger partial charge in [-0.05, 0) is 17.9 Å². The molecule has 12 heteroatoms. The average Bonchev–Trinajstić information content (AvgIpc) is 3.34. The van der Waals surface area contributed by atoms with E-state index in [9.17, 15) is 29.4 Å². The summed E-state index contributed by atoms with van der Waals surface area (Å²) in [7, 11) is 0. The van der Waals surface area contributed by atoms with Crippen molar-refractivity contribution in [1.82, 2.24) is 25.9 Å². The van der Waals surface area contributed by atoms with Crippen LogP contribution in [0.15, 0.2) is 42.9 Å². The first-order chi connectivity index (χ1) is 17.1. The van der Waals surface area contributed by atoms with E-state index in [-0.39, 0.29) is 18.8 Å². The van der Waals surface area contributed by atoms with Gasteiger partial charge in [-0.15, -0.1) is 0 Å². The molecule has 0 saturated carbocycles. The molecular weight excluding hydrogens is 468 g/mol. The Bertz CT molecular complexity index is 998. The highest BCUT2D eigenvalue weighted by Crippen LogP contribution is 2.07. The average molecular weight is 503 g/mol. The number of carboxylic acids is 1. The maximum Gasteiger partial charge on any atom is 0.326 e. The molecule has 36 heavy (non-hydrogen) atoms. The summed E-state index contributed by atoms with van der Waals surface area (Å²) in [5.41, 5.74) is 7.08. The van der Waals surface area contributed by atoms with Crippen LogP contribution < -0.4 is 21.7 Å². The molecule has 0 bridgehead atoms. The predicted octanol–water partition coefficient (Wildman–Crippen LogP) is -0.900. The van der Waals surface area contributed by atoms with Gasteiger partial charge in [0.2, 0.25) is 17.7 Å². The minimum atomic E-state index is -1.35. The number of amides is 3. The van der Waals surface area contributed by atoms with E-state index in [1.165, 1.54) is 12.5 Å². The Morgan fingerprint density at radius 1 is 0.944 bits per heavy atom. The number of nitrogens with two attached hydrogens (primary N) is 1. The summed E-state index contributed by atoms with van der Waals surface area (Å²) in [6.07, 6.45) is 3.23. The van der Waals surface area contributed by atoms with E-state index >= 15 is 0 Å². The van der Waals surface area contributed by atoms with Crippen LogP contribution in [-0.2, 0) is 32.0 Å². The van der Waals surface area contributed by atoms with Crippen LogP contribution in [0.3, 0.4) is 0 Å². The Hall–Kier alpha value is -3.77. The third kappa shape index (κ3) is 9.12. The number of rotatable bonds is 14. The lowest BCUT2D eigenvalue weighted by Gasteiger charge is -2.24. The summed E-state index contributed by atoms with van der Waals surface area (Å²) in [5, 5.41) is 26.7. The first-order valence-corrected chi connectivity index (χ1v) is 11.6. The second-order valence-corrected chi connectivity index (χ2v) is 8.91. The van der Waals surface area contributed by atoms with Crippen LogP contribution in [0.2, 0.25) is 0 Å². The number of benzene rings is 1. The maximum atomic E-state index is 13.1. The Balaban J connectivity index is 2.15. The summed E-state index contributed by atoms with van der Waals surface area (Å²) in [5.74, 6) is -3.26. The molecule has 0 aliphatic carbocycles. The second kappa shape index (κ2) is 14.0. The Morgan fingerprint density at radius 3 is 2.11 bits per heavy atom. The SMILES string of the molecule is CC(C)CC(N)C(=O)NC(CO)C(=O)NC(Cc1ccccc1)C(=O)NC(Cc1cnc[nH]1)C(=O)O. The van der Waals surface area contributed by atoms with Crippen molar-refractivity contribution in [2.45, 2.75) is 57.3 Å². The van der Waals surface area contributed by atoms with Gasteiger partial charge in [0.25, 0.3) is 0 Å². The van der Waals surface area contributed by atoms with Crippen molar-refractivity contribution >= 4 is 23.7 Å². The zero-order valence-electron chi connectivity index (χ0n) is 20.3. The fourth-order valence-electron chi connectivity index (χ4n) is 3.51. The van der Waals surface area contributed by atoms with Gasteiger partial charge in [0, 0.05) is 24.7 Å². The molecule has 0 fully saturated rings. The number of nitrogens with zero attached hydrogens (tertiary/aromatic N) is 1. The number of hydrogen-bond acceptors (Lipinski definition) is 7.